The van der Waals surface area contributed by atoms with Gasteiger partial charge in [0.15, 0.2) is 5.13 Å². The standard InChI is InChI=1S/C24H20F2N2O3S/c1-31-19-8-4-15(5-9-19)10-11-28(14-16-2-6-17(7-3-16)23(29)30)24-27-21-13-18(25)12-20(26)22(21)32-24/h2-9,12-13H,10-11,14H2,1H3,(H,29,30). The van der Waals surface area contributed by atoms with Crippen LogP contribution in [0.5, 0.6) is 5.75 Å². The van der Waals surface area contributed by atoms with Crippen molar-refractivity contribution in [3.63, 3.8) is 0 Å². The second-order valence-electron chi connectivity index (χ2n) is 7.25. The third-order valence-electron chi connectivity index (χ3n) is 5.07. The molecule has 0 fully saturated rings. The Morgan fingerprint density at radius 2 is 1.75 bits per heavy atom. The molecule has 0 saturated heterocycles. The van der Waals surface area contributed by atoms with Crippen LogP contribution in [0.2, 0.25) is 0 Å². The van der Waals surface area contributed by atoms with Gasteiger partial charge in [0, 0.05) is 25.2 Å². The molecule has 0 radical (unpaired) electrons. The van der Waals surface area contributed by atoms with Crippen LogP contribution in [-0.4, -0.2) is 29.7 Å². The highest BCUT2D eigenvalue weighted by Crippen LogP contribution is 2.32. The minimum Gasteiger partial charge on any atom is -0.497 e. The van der Waals surface area contributed by atoms with Crippen LogP contribution >= 0.6 is 11.3 Å². The van der Waals surface area contributed by atoms with E-state index in [1.165, 1.54) is 17.4 Å². The maximum Gasteiger partial charge on any atom is 0.335 e. The van der Waals surface area contributed by atoms with E-state index >= 15 is 0 Å². The summed E-state index contributed by atoms with van der Waals surface area (Å²) in [6.07, 6.45) is 0.698. The number of aromatic carboxylic acids is 1. The molecule has 0 aliphatic heterocycles. The van der Waals surface area contributed by atoms with E-state index in [-0.39, 0.29) is 11.1 Å². The SMILES string of the molecule is COc1ccc(CCN(Cc2ccc(C(=O)O)cc2)c2nc3cc(F)cc(F)c3s2)cc1. The average Bonchev–Trinajstić information content (AvgIpc) is 3.21. The summed E-state index contributed by atoms with van der Waals surface area (Å²) < 4.78 is 33.4. The highest BCUT2D eigenvalue weighted by molar-refractivity contribution is 7.22. The van der Waals surface area contributed by atoms with Crippen LogP contribution in [0.3, 0.4) is 0 Å². The van der Waals surface area contributed by atoms with Gasteiger partial charge in [-0.05, 0) is 41.8 Å². The first kappa shape index (κ1) is 21.7. The predicted octanol–water partition coefficient (Wildman–Crippen LogP) is 5.53. The number of ether oxygens (including phenoxy) is 1. The molecule has 1 N–H and O–H groups in total. The first-order valence-electron chi connectivity index (χ1n) is 9.88. The zero-order valence-corrected chi connectivity index (χ0v) is 18.0. The van der Waals surface area contributed by atoms with Crippen LogP contribution in [0, 0.1) is 11.6 Å². The van der Waals surface area contributed by atoms with E-state index in [0.717, 1.165) is 22.9 Å². The topological polar surface area (TPSA) is 62.7 Å². The molecule has 0 unspecified atom stereocenters. The van der Waals surface area contributed by atoms with Crippen LogP contribution in [0.15, 0.2) is 60.7 Å². The van der Waals surface area contributed by atoms with Gasteiger partial charge in [-0.2, -0.15) is 0 Å². The number of hydrogen-bond acceptors (Lipinski definition) is 5. The van der Waals surface area contributed by atoms with Gasteiger partial charge in [-0.3, -0.25) is 0 Å². The molecule has 3 aromatic carbocycles. The lowest BCUT2D eigenvalue weighted by Crippen LogP contribution is -2.25. The number of anilines is 1. The zero-order chi connectivity index (χ0) is 22.7. The summed E-state index contributed by atoms with van der Waals surface area (Å²) >= 11 is 1.17. The summed E-state index contributed by atoms with van der Waals surface area (Å²) in [7, 11) is 1.61. The van der Waals surface area contributed by atoms with Crippen molar-refractivity contribution >= 4 is 32.7 Å². The quantitative estimate of drug-likeness (QED) is 0.379. The van der Waals surface area contributed by atoms with Gasteiger partial charge in [-0.1, -0.05) is 35.6 Å². The Bertz CT molecular complexity index is 1240. The second kappa shape index (κ2) is 9.32. The fourth-order valence-electron chi connectivity index (χ4n) is 3.35. The average molecular weight is 454 g/mol. The Morgan fingerprint density at radius 3 is 2.41 bits per heavy atom. The van der Waals surface area contributed by atoms with Crippen molar-refractivity contribution in [3.05, 3.63) is 89.0 Å². The lowest BCUT2D eigenvalue weighted by Gasteiger charge is -2.22. The van der Waals surface area contributed by atoms with Crippen molar-refractivity contribution in [1.29, 1.82) is 0 Å². The first-order chi connectivity index (χ1) is 15.4. The Labute approximate surface area is 187 Å². The smallest absolute Gasteiger partial charge is 0.335 e. The largest absolute Gasteiger partial charge is 0.497 e. The number of rotatable bonds is 8. The Morgan fingerprint density at radius 1 is 1.06 bits per heavy atom. The lowest BCUT2D eigenvalue weighted by atomic mass is 10.1. The Balaban J connectivity index is 1.62. The van der Waals surface area contributed by atoms with E-state index in [4.69, 9.17) is 9.84 Å². The molecule has 8 heteroatoms. The van der Waals surface area contributed by atoms with Crippen molar-refractivity contribution in [2.45, 2.75) is 13.0 Å². The fourth-order valence-corrected chi connectivity index (χ4v) is 4.33. The minimum atomic E-state index is -0.989. The molecule has 0 atom stereocenters. The Kier molecular flexibility index (Phi) is 6.32. The summed E-state index contributed by atoms with van der Waals surface area (Å²) in [4.78, 5) is 17.6. The number of fused-ring (bicyclic) bond motifs is 1. The highest BCUT2D eigenvalue weighted by Gasteiger charge is 2.17. The van der Waals surface area contributed by atoms with Crippen LogP contribution in [0.4, 0.5) is 13.9 Å². The number of carboxylic acid groups (broad SMARTS) is 1. The number of carboxylic acids is 1. The molecule has 32 heavy (non-hydrogen) atoms. The molecular weight excluding hydrogens is 434 g/mol. The van der Waals surface area contributed by atoms with Gasteiger partial charge in [0.2, 0.25) is 0 Å². The van der Waals surface area contributed by atoms with Gasteiger partial charge in [-0.15, -0.1) is 0 Å². The summed E-state index contributed by atoms with van der Waals surface area (Å²) in [5.74, 6) is -1.52. The third-order valence-corrected chi connectivity index (χ3v) is 6.21. The number of hydrogen-bond donors (Lipinski definition) is 1. The number of methoxy groups -OCH3 is 1. The number of aromatic nitrogens is 1. The molecular formula is C24H20F2N2O3S. The van der Waals surface area contributed by atoms with Crippen molar-refractivity contribution < 1.29 is 23.4 Å². The molecule has 5 nitrogen and oxygen atoms in total. The molecule has 0 aliphatic carbocycles. The van der Waals surface area contributed by atoms with Crippen molar-refractivity contribution in [3.8, 4) is 5.75 Å². The monoisotopic (exact) mass is 454 g/mol. The van der Waals surface area contributed by atoms with E-state index in [0.29, 0.717) is 29.3 Å². The zero-order valence-electron chi connectivity index (χ0n) is 17.2. The summed E-state index contributed by atoms with van der Waals surface area (Å²) in [6, 6.07) is 16.4. The van der Waals surface area contributed by atoms with Crippen LogP contribution in [0.25, 0.3) is 10.2 Å². The molecule has 0 aliphatic rings. The lowest BCUT2D eigenvalue weighted by molar-refractivity contribution is 0.0697. The van der Waals surface area contributed by atoms with E-state index < -0.39 is 17.6 Å². The predicted molar refractivity (Wildman–Crippen MR) is 121 cm³/mol. The molecule has 0 spiro atoms. The molecule has 164 valence electrons. The van der Waals surface area contributed by atoms with Crippen LogP contribution in [0.1, 0.15) is 21.5 Å². The molecule has 1 heterocycles. The van der Waals surface area contributed by atoms with Gasteiger partial charge in [0.25, 0.3) is 0 Å². The van der Waals surface area contributed by atoms with Gasteiger partial charge in [0.05, 0.1) is 22.9 Å². The van der Waals surface area contributed by atoms with Crippen molar-refractivity contribution in [1.82, 2.24) is 4.98 Å². The van der Waals surface area contributed by atoms with E-state index in [9.17, 15) is 13.6 Å². The van der Waals surface area contributed by atoms with E-state index in [1.807, 2.05) is 29.2 Å². The highest BCUT2D eigenvalue weighted by atomic mass is 32.1. The maximum absolute atomic E-state index is 14.2. The number of halogens is 2. The Hall–Kier alpha value is -3.52. The number of carbonyl (C=O) groups is 1. The van der Waals surface area contributed by atoms with Gasteiger partial charge in [0.1, 0.15) is 17.4 Å². The normalized spacial score (nSPS) is 11.0. The second-order valence-corrected chi connectivity index (χ2v) is 8.23. The van der Waals surface area contributed by atoms with Gasteiger partial charge >= 0.3 is 5.97 Å². The van der Waals surface area contributed by atoms with E-state index in [1.54, 1.807) is 31.4 Å². The van der Waals surface area contributed by atoms with Crippen molar-refractivity contribution in [2.75, 3.05) is 18.6 Å². The summed E-state index contributed by atoms with van der Waals surface area (Å²) in [6.45, 7) is 1.02. The molecule has 4 aromatic rings. The summed E-state index contributed by atoms with van der Waals surface area (Å²) in [5, 5.41) is 9.69. The number of nitrogens with zero attached hydrogens (tertiary/aromatic N) is 2. The minimum absolute atomic E-state index is 0.205. The van der Waals surface area contributed by atoms with Gasteiger partial charge in [-0.25, -0.2) is 18.6 Å². The maximum atomic E-state index is 14.2. The van der Waals surface area contributed by atoms with E-state index in [2.05, 4.69) is 4.98 Å². The molecule has 0 saturated carbocycles. The summed E-state index contributed by atoms with van der Waals surface area (Å²) in [5.41, 5.74) is 2.46. The molecule has 0 amide bonds. The van der Waals surface area contributed by atoms with Crippen molar-refractivity contribution in [2.24, 2.45) is 0 Å². The molecule has 0 bridgehead atoms. The fraction of sp³-hybridized carbons (Fsp3) is 0.167. The number of thiazole rings is 1. The molecule has 4 rings (SSSR count). The van der Waals surface area contributed by atoms with Gasteiger partial charge < -0.3 is 14.7 Å². The first-order valence-corrected chi connectivity index (χ1v) is 10.7. The number of benzene rings is 3. The third kappa shape index (κ3) is 4.86. The molecule has 1 aromatic heterocycles. The van der Waals surface area contributed by atoms with Crippen LogP contribution < -0.4 is 9.64 Å². The van der Waals surface area contributed by atoms with Crippen LogP contribution in [-0.2, 0) is 13.0 Å².